The Kier molecular flexibility index (Phi) is 5.21. The number of aliphatic hydroxyl groups is 3. The van der Waals surface area contributed by atoms with E-state index in [1.54, 1.807) is 0 Å². The van der Waals surface area contributed by atoms with E-state index < -0.39 is 12.2 Å². The van der Waals surface area contributed by atoms with Gasteiger partial charge in [0.25, 0.3) is 0 Å². The maximum absolute atomic E-state index is 11.8. The highest BCUT2D eigenvalue weighted by molar-refractivity contribution is 5.21. The van der Waals surface area contributed by atoms with E-state index in [9.17, 15) is 15.3 Å². The zero-order valence-corrected chi connectivity index (χ0v) is 22.7. The zero-order valence-electron chi connectivity index (χ0n) is 22.7. The molecule has 5 saturated carbocycles. The van der Waals surface area contributed by atoms with Crippen molar-refractivity contribution in [3.8, 4) is 0 Å². The lowest BCUT2D eigenvalue weighted by molar-refractivity contribution is -0.289. The summed E-state index contributed by atoms with van der Waals surface area (Å²) in [5, 5.41) is 33.4. The average molecular weight is 461 g/mol. The molecule has 0 aliphatic heterocycles. The quantitative estimate of drug-likeness (QED) is 0.404. The van der Waals surface area contributed by atoms with Gasteiger partial charge < -0.3 is 15.3 Å². The van der Waals surface area contributed by atoms with E-state index >= 15 is 0 Å². The summed E-state index contributed by atoms with van der Waals surface area (Å²) in [5.41, 5.74) is 1.00. The van der Waals surface area contributed by atoms with E-state index in [2.05, 4.69) is 55.4 Å². The van der Waals surface area contributed by atoms with Gasteiger partial charge in [-0.1, -0.05) is 55.4 Å². The Morgan fingerprint density at radius 3 is 1.91 bits per heavy atom. The summed E-state index contributed by atoms with van der Waals surface area (Å²) in [4.78, 5) is 0. The molecule has 0 aromatic rings. The third kappa shape index (κ3) is 2.91. The normalized spacial score (nSPS) is 62.5. The topological polar surface area (TPSA) is 60.7 Å². The van der Waals surface area contributed by atoms with Crippen LogP contribution < -0.4 is 0 Å². The third-order valence-corrected chi connectivity index (χ3v) is 14.1. The molecule has 0 amide bonds. The first kappa shape index (κ1) is 24.6. The molecule has 0 radical (unpaired) electrons. The smallest absolute Gasteiger partial charge is 0.0829 e. The van der Waals surface area contributed by atoms with Crippen LogP contribution in [0.4, 0.5) is 0 Å². The van der Waals surface area contributed by atoms with E-state index in [1.165, 1.54) is 32.1 Å². The maximum Gasteiger partial charge on any atom is 0.0829 e. The van der Waals surface area contributed by atoms with Crippen LogP contribution >= 0.6 is 0 Å². The summed E-state index contributed by atoms with van der Waals surface area (Å²) in [6.07, 6.45) is 8.66. The fraction of sp³-hybridized carbons (Fsp3) is 1.00. The van der Waals surface area contributed by atoms with Gasteiger partial charge in [-0.15, -0.1) is 0 Å². The van der Waals surface area contributed by atoms with Crippen molar-refractivity contribution in [2.24, 2.45) is 56.2 Å². The van der Waals surface area contributed by atoms with E-state index in [4.69, 9.17) is 0 Å². The molecule has 0 aromatic heterocycles. The van der Waals surface area contributed by atoms with Gasteiger partial charge in [-0.2, -0.15) is 0 Å². The molecule has 190 valence electrons. The van der Waals surface area contributed by atoms with E-state index in [-0.39, 0.29) is 39.1 Å². The molecular formula is C30H52O3. The highest BCUT2D eigenvalue weighted by Crippen LogP contribution is 2.78. The molecule has 0 spiro atoms. The Labute approximate surface area is 203 Å². The van der Waals surface area contributed by atoms with Crippen LogP contribution in [0.25, 0.3) is 0 Å². The van der Waals surface area contributed by atoms with Gasteiger partial charge in [0.05, 0.1) is 18.3 Å². The number of rotatable bonds is 0. The molecule has 0 heterocycles. The van der Waals surface area contributed by atoms with Gasteiger partial charge in [0.15, 0.2) is 0 Å². The van der Waals surface area contributed by atoms with Crippen molar-refractivity contribution < 1.29 is 15.3 Å². The van der Waals surface area contributed by atoms with Gasteiger partial charge in [0, 0.05) is 0 Å². The second-order valence-corrected chi connectivity index (χ2v) is 15.7. The number of fused-ring (bicyclic) bond motifs is 7. The van der Waals surface area contributed by atoms with E-state index in [1.807, 2.05) is 0 Å². The van der Waals surface area contributed by atoms with Crippen molar-refractivity contribution >= 4 is 0 Å². The minimum atomic E-state index is -0.603. The Hall–Kier alpha value is -0.120. The lowest BCUT2D eigenvalue weighted by Gasteiger charge is -2.75. The third-order valence-electron chi connectivity index (χ3n) is 14.1. The summed E-state index contributed by atoms with van der Waals surface area (Å²) in [6.45, 7) is 19.6. The maximum atomic E-state index is 11.8. The lowest BCUT2D eigenvalue weighted by atomic mass is 9.29. The van der Waals surface area contributed by atoms with Crippen LogP contribution in [0.15, 0.2) is 0 Å². The molecule has 3 N–H and O–H groups in total. The molecule has 33 heavy (non-hydrogen) atoms. The van der Waals surface area contributed by atoms with Crippen LogP contribution in [0, 0.1) is 56.2 Å². The van der Waals surface area contributed by atoms with Gasteiger partial charge >= 0.3 is 0 Å². The molecule has 3 heteroatoms. The van der Waals surface area contributed by atoms with Crippen LogP contribution in [0.3, 0.4) is 0 Å². The van der Waals surface area contributed by atoms with Crippen molar-refractivity contribution in [1.29, 1.82) is 0 Å². The summed E-state index contributed by atoms with van der Waals surface area (Å²) < 4.78 is 0. The summed E-state index contributed by atoms with van der Waals surface area (Å²) in [6, 6.07) is 0. The molecule has 5 aliphatic rings. The largest absolute Gasteiger partial charge is 0.393 e. The predicted molar refractivity (Wildman–Crippen MR) is 134 cm³/mol. The minimum absolute atomic E-state index is 0.0420. The van der Waals surface area contributed by atoms with Crippen LogP contribution in [0.1, 0.15) is 113 Å². The van der Waals surface area contributed by atoms with Crippen LogP contribution in [0.2, 0.25) is 0 Å². The van der Waals surface area contributed by atoms with E-state index in [0.29, 0.717) is 23.2 Å². The fourth-order valence-corrected chi connectivity index (χ4v) is 11.4. The monoisotopic (exact) mass is 460 g/mol. The van der Waals surface area contributed by atoms with Gasteiger partial charge in [-0.3, -0.25) is 0 Å². The molecule has 0 bridgehead atoms. The van der Waals surface area contributed by atoms with Gasteiger partial charge in [-0.05, 0) is 114 Å². The first-order valence-corrected chi connectivity index (χ1v) is 14.1. The Morgan fingerprint density at radius 1 is 0.606 bits per heavy atom. The van der Waals surface area contributed by atoms with Crippen molar-refractivity contribution in [2.45, 2.75) is 131 Å². The number of hydrogen-bond acceptors (Lipinski definition) is 3. The summed E-state index contributed by atoms with van der Waals surface area (Å²) in [5.74, 6) is 1.70. The number of aliphatic hydroxyl groups excluding tert-OH is 3. The van der Waals surface area contributed by atoms with Crippen LogP contribution in [-0.4, -0.2) is 33.6 Å². The molecule has 0 unspecified atom stereocenters. The molecule has 5 fully saturated rings. The standard InChI is InChI=1S/C30H52O3/c1-18-24(33)19(31)15-21-26(18,4)10-9-20-27(21,5)13-14-29(7)22-16-25(2,3)11-12-28(22,6)23(32)17-30(20,29)8/h18-24,31-33H,9-17H2,1-8H3/t18-,19+,20-,21+,22+,23-,24+,26+,27+,28-,29-,30+/m0/s1. The van der Waals surface area contributed by atoms with Crippen molar-refractivity contribution in [2.75, 3.05) is 0 Å². The molecule has 5 rings (SSSR count). The minimum Gasteiger partial charge on any atom is -0.393 e. The molecule has 0 aromatic carbocycles. The molecule has 5 aliphatic carbocycles. The zero-order chi connectivity index (χ0) is 24.4. The first-order chi connectivity index (χ1) is 15.1. The molecule has 3 nitrogen and oxygen atoms in total. The van der Waals surface area contributed by atoms with Gasteiger partial charge in [0.1, 0.15) is 0 Å². The molecule has 0 saturated heterocycles. The van der Waals surface area contributed by atoms with Gasteiger partial charge in [0.2, 0.25) is 0 Å². The van der Waals surface area contributed by atoms with Crippen molar-refractivity contribution in [3.63, 3.8) is 0 Å². The second kappa shape index (κ2) is 7.00. The van der Waals surface area contributed by atoms with Crippen molar-refractivity contribution in [1.82, 2.24) is 0 Å². The van der Waals surface area contributed by atoms with E-state index in [0.717, 1.165) is 25.7 Å². The second-order valence-electron chi connectivity index (χ2n) is 15.7. The highest BCUT2D eigenvalue weighted by atomic mass is 16.3. The summed E-state index contributed by atoms with van der Waals surface area (Å²) >= 11 is 0. The number of hydrogen-bond donors (Lipinski definition) is 3. The Morgan fingerprint density at radius 2 is 1.24 bits per heavy atom. The molecule has 12 atom stereocenters. The van der Waals surface area contributed by atoms with Crippen LogP contribution in [0.5, 0.6) is 0 Å². The summed E-state index contributed by atoms with van der Waals surface area (Å²) in [7, 11) is 0. The highest BCUT2D eigenvalue weighted by Gasteiger charge is 2.72. The first-order valence-electron chi connectivity index (χ1n) is 14.1. The average Bonchev–Trinajstić information content (AvgIpc) is 2.73. The SMILES string of the molecule is C[C@H]1[C@@H](O)[C@H](O)C[C@@H]2[C@]1(C)CC[C@H]1[C@@]2(C)CC[C@@]2(C)[C@@H]3CC(C)(C)CC[C@]3(C)[C@@H](O)C[C@]12C. The van der Waals surface area contributed by atoms with Crippen LogP contribution in [-0.2, 0) is 0 Å². The lowest BCUT2D eigenvalue weighted by Crippen LogP contribution is -2.71. The predicted octanol–water partition coefficient (Wildman–Crippen LogP) is 6.19. The fourth-order valence-electron chi connectivity index (χ4n) is 11.4. The Bertz CT molecular complexity index is 808. The Balaban J connectivity index is 1.57. The van der Waals surface area contributed by atoms with Gasteiger partial charge in [-0.25, -0.2) is 0 Å². The van der Waals surface area contributed by atoms with Crippen molar-refractivity contribution in [3.05, 3.63) is 0 Å². The molecular weight excluding hydrogens is 408 g/mol.